The first-order valence-electron chi connectivity index (χ1n) is 5.69. The van der Waals surface area contributed by atoms with Crippen LogP contribution in [0.1, 0.15) is 22.8 Å². The van der Waals surface area contributed by atoms with Gasteiger partial charge >= 0.3 is 5.97 Å². The topological polar surface area (TPSA) is 68.5 Å². The largest absolute Gasteiger partial charge is 0.462 e. The van der Waals surface area contributed by atoms with Gasteiger partial charge in [0.2, 0.25) is 0 Å². The molecule has 3 rings (SSSR count). The Morgan fingerprint density at radius 2 is 2.50 bits per heavy atom. The third-order valence-corrected chi connectivity index (χ3v) is 3.17. The number of nitrogens with one attached hydrogen (secondary N) is 1. The third kappa shape index (κ3) is 1.53. The molecule has 0 saturated carbocycles. The van der Waals surface area contributed by atoms with Crippen molar-refractivity contribution in [3.63, 3.8) is 0 Å². The summed E-state index contributed by atoms with van der Waals surface area (Å²) in [7, 11) is 0. The van der Waals surface area contributed by atoms with Crippen molar-refractivity contribution in [2.45, 2.75) is 13.3 Å². The Kier molecular flexibility index (Phi) is 2.59. The average Bonchev–Trinajstić information content (AvgIpc) is 2.94. The van der Waals surface area contributed by atoms with Crippen molar-refractivity contribution in [2.24, 2.45) is 0 Å². The van der Waals surface area contributed by atoms with Crippen LogP contribution >= 0.6 is 11.6 Å². The lowest BCUT2D eigenvalue weighted by Crippen LogP contribution is -2.06. The SMILES string of the molecule is CCOC(=O)c1cnn2c3c(c(Cl)nc12)CCN3. The minimum atomic E-state index is -0.436. The molecule has 0 radical (unpaired) electrons. The molecule has 1 N–H and O–H groups in total. The summed E-state index contributed by atoms with van der Waals surface area (Å²) in [4.78, 5) is 16.0. The summed E-state index contributed by atoms with van der Waals surface area (Å²) in [6.07, 6.45) is 2.27. The number of hydrogen-bond acceptors (Lipinski definition) is 5. The minimum absolute atomic E-state index is 0.313. The van der Waals surface area contributed by atoms with Crippen molar-refractivity contribution in [1.29, 1.82) is 0 Å². The molecule has 94 valence electrons. The summed E-state index contributed by atoms with van der Waals surface area (Å²) in [6.45, 7) is 2.86. The van der Waals surface area contributed by atoms with Gasteiger partial charge in [-0.05, 0) is 13.3 Å². The van der Waals surface area contributed by atoms with Crippen molar-refractivity contribution >= 4 is 29.0 Å². The lowest BCUT2D eigenvalue weighted by Gasteiger charge is -2.05. The van der Waals surface area contributed by atoms with E-state index in [2.05, 4.69) is 15.4 Å². The Labute approximate surface area is 108 Å². The first kappa shape index (κ1) is 11.3. The molecule has 3 heterocycles. The van der Waals surface area contributed by atoms with E-state index in [4.69, 9.17) is 16.3 Å². The molecule has 0 atom stereocenters. The molecular weight excluding hydrogens is 256 g/mol. The molecule has 0 bridgehead atoms. The maximum atomic E-state index is 11.8. The summed E-state index contributed by atoms with van der Waals surface area (Å²) in [5, 5.41) is 7.77. The first-order valence-corrected chi connectivity index (χ1v) is 6.07. The number of carbonyl (C=O) groups excluding carboxylic acids is 1. The van der Waals surface area contributed by atoms with Crippen LogP contribution < -0.4 is 5.32 Å². The molecule has 1 aliphatic rings. The van der Waals surface area contributed by atoms with E-state index in [1.807, 2.05) is 0 Å². The summed E-state index contributed by atoms with van der Waals surface area (Å²) in [5.41, 5.74) is 1.68. The fourth-order valence-electron chi connectivity index (χ4n) is 2.06. The van der Waals surface area contributed by atoms with Gasteiger partial charge in [-0.2, -0.15) is 9.61 Å². The second-order valence-electron chi connectivity index (χ2n) is 3.92. The van der Waals surface area contributed by atoms with E-state index in [1.54, 1.807) is 11.4 Å². The number of hydrogen-bond donors (Lipinski definition) is 1. The van der Waals surface area contributed by atoms with Crippen molar-refractivity contribution in [3.05, 3.63) is 22.5 Å². The van der Waals surface area contributed by atoms with Crippen LogP contribution in [0.2, 0.25) is 5.15 Å². The van der Waals surface area contributed by atoms with Crippen LogP contribution in [-0.4, -0.2) is 33.7 Å². The molecule has 0 fully saturated rings. The third-order valence-electron chi connectivity index (χ3n) is 2.86. The number of carbonyl (C=O) groups is 1. The number of anilines is 1. The molecule has 0 aromatic carbocycles. The zero-order valence-electron chi connectivity index (χ0n) is 9.73. The number of fused-ring (bicyclic) bond motifs is 3. The molecule has 2 aromatic rings. The molecule has 18 heavy (non-hydrogen) atoms. The molecular formula is C11H11ClN4O2. The summed E-state index contributed by atoms with van der Waals surface area (Å²) in [5.74, 6) is 0.370. The van der Waals surface area contributed by atoms with Gasteiger partial charge in [-0.15, -0.1) is 0 Å². The van der Waals surface area contributed by atoms with E-state index < -0.39 is 5.97 Å². The Balaban J connectivity index is 2.20. The van der Waals surface area contributed by atoms with Gasteiger partial charge in [-0.1, -0.05) is 11.6 Å². The van der Waals surface area contributed by atoms with Crippen molar-refractivity contribution in [2.75, 3.05) is 18.5 Å². The monoisotopic (exact) mass is 266 g/mol. The standard InChI is InChI=1S/C11H11ClN4O2/c1-2-18-11(17)7-5-14-16-9-6(3-4-13-9)8(12)15-10(7)16/h5,13H,2-4H2,1H3. The second-order valence-corrected chi connectivity index (χ2v) is 4.28. The van der Waals surface area contributed by atoms with E-state index in [0.29, 0.717) is 23.0 Å². The van der Waals surface area contributed by atoms with E-state index in [1.165, 1.54) is 6.20 Å². The van der Waals surface area contributed by atoms with Crippen molar-refractivity contribution < 1.29 is 9.53 Å². The van der Waals surface area contributed by atoms with Crippen LogP contribution in [0, 0.1) is 0 Å². The van der Waals surface area contributed by atoms with Gasteiger partial charge in [0.1, 0.15) is 16.5 Å². The summed E-state index contributed by atoms with van der Waals surface area (Å²) in [6, 6.07) is 0. The zero-order chi connectivity index (χ0) is 12.7. The lowest BCUT2D eigenvalue weighted by molar-refractivity contribution is 0.0528. The Hall–Kier alpha value is -1.82. The Bertz CT molecular complexity index is 637. The highest BCUT2D eigenvalue weighted by Crippen LogP contribution is 2.29. The minimum Gasteiger partial charge on any atom is -0.462 e. The van der Waals surface area contributed by atoms with Crippen LogP contribution in [0.4, 0.5) is 5.82 Å². The molecule has 2 aromatic heterocycles. The quantitative estimate of drug-likeness (QED) is 0.659. The maximum absolute atomic E-state index is 11.8. The fraction of sp³-hybridized carbons (Fsp3) is 0.364. The van der Waals surface area contributed by atoms with Crippen LogP contribution in [0.3, 0.4) is 0 Å². The number of aromatic nitrogens is 3. The molecule has 0 amide bonds. The predicted molar refractivity (Wildman–Crippen MR) is 66.1 cm³/mol. The predicted octanol–water partition coefficient (Wildman–Crippen LogP) is 1.53. The lowest BCUT2D eigenvalue weighted by atomic mass is 10.2. The maximum Gasteiger partial charge on any atom is 0.343 e. The van der Waals surface area contributed by atoms with Gasteiger partial charge in [0.15, 0.2) is 5.65 Å². The molecule has 0 spiro atoms. The molecule has 0 unspecified atom stereocenters. The van der Waals surface area contributed by atoms with E-state index in [9.17, 15) is 4.79 Å². The fourth-order valence-corrected chi connectivity index (χ4v) is 2.33. The van der Waals surface area contributed by atoms with Gasteiger partial charge in [0, 0.05) is 12.1 Å². The van der Waals surface area contributed by atoms with E-state index >= 15 is 0 Å². The van der Waals surface area contributed by atoms with Gasteiger partial charge in [-0.3, -0.25) is 0 Å². The second kappa shape index (κ2) is 4.13. The number of ether oxygens (including phenoxy) is 1. The van der Waals surface area contributed by atoms with Crippen molar-refractivity contribution in [1.82, 2.24) is 14.6 Å². The molecule has 7 heteroatoms. The van der Waals surface area contributed by atoms with Crippen LogP contribution in [0.5, 0.6) is 0 Å². The molecule has 1 aliphatic heterocycles. The van der Waals surface area contributed by atoms with Gasteiger partial charge < -0.3 is 10.1 Å². The van der Waals surface area contributed by atoms with Crippen LogP contribution in [0.25, 0.3) is 5.65 Å². The van der Waals surface area contributed by atoms with Crippen molar-refractivity contribution in [3.8, 4) is 0 Å². The zero-order valence-corrected chi connectivity index (χ0v) is 10.5. The molecule has 6 nitrogen and oxygen atoms in total. The van der Waals surface area contributed by atoms with Crippen LogP contribution in [-0.2, 0) is 11.2 Å². The summed E-state index contributed by atoms with van der Waals surface area (Å²) < 4.78 is 6.56. The first-order chi connectivity index (χ1) is 8.72. The number of rotatable bonds is 2. The molecule has 0 aliphatic carbocycles. The number of nitrogens with zero attached hydrogens (tertiary/aromatic N) is 3. The highest BCUT2D eigenvalue weighted by Gasteiger charge is 2.23. The van der Waals surface area contributed by atoms with Gasteiger partial charge in [-0.25, -0.2) is 9.78 Å². The molecule has 0 saturated heterocycles. The average molecular weight is 267 g/mol. The Morgan fingerprint density at radius 3 is 3.28 bits per heavy atom. The highest BCUT2D eigenvalue weighted by atomic mass is 35.5. The highest BCUT2D eigenvalue weighted by molar-refractivity contribution is 6.30. The van der Waals surface area contributed by atoms with Gasteiger partial charge in [0.05, 0.1) is 12.8 Å². The normalized spacial score (nSPS) is 13.4. The smallest absolute Gasteiger partial charge is 0.343 e. The van der Waals surface area contributed by atoms with Crippen LogP contribution in [0.15, 0.2) is 6.20 Å². The van der Waals surface area contributed by atoms with E-state index in [0.717, 1.165) is 24.3 Å². The Morgan fingerprint density at radius 1 is 1.67 bits per heavy atom. The summed E-state index contributed by atoms with van der Waals surface area (Å²) >= 11 is 6.11. The number of halogens is 1. The van der Waals surface area contributed by atoms with Gasteiger partial charge in [0.25, 0.3) is 0 Å². The van der Waals surface area contributed by atoms with E-state index in [-0.39, 0.29) is 0 Å². The number of esters is 1.